The van der Waals surface area contributed by atoms with Crippen LogP contribution in [0.15, 0.2) is 0 Å². The normalized spacial score (nSPS) is 15.1. The van der Waals surface area contributed by atoms with Crippen molar-refractivity contribution in [2.75, 3.05) is 0 Å². The van der Waals surface area contributed by atoms with Crippen LogP contribution in [0.5, 0.6) is 0 Å². The predicted molar refractivity (Wildman–Crippen MR) is 42.4 cm³/mol. The Kier molecular flexibility index (Phi) is 3.93. The standard InChI is InChI=1S/C8H13F3O3/c1-5(13-8(9,10)11)6(12)14-7(2,3)4/h5H,1-4H3/t5-/m0/s1. The van der Waals surface area contributed by atoms with Crippen LogP contribution in [0, 0.1) is 0 Å². The Hall–Kier alpha value is -0.780. The van der Waals surface area contributed by atoms with Crippen molar-refractivity contribution in [3.63, 3.8) is 0 Å². The SMILES string of the molecule is C[C@H](OC(F)(F)F)C(=O)OC(C)(C)C. The van der Waals surface area contributed by atoms with E-state index in [1.807, 2.05) is 0 Å². The Labute approximate surface area is 80.2 Å². The van der Waals surface area contributed by atoms with Crippen molar-refractivity contribution in [2.24, 2.45) is 0 Å². The fraction of sp³-hybridized carbons (Fsp3) is 0.875. The molecule has 0 saturated heterocycles. The van der Waals surface area contributed by atoms with Gasteiger partial charge in [0.1, 0.15) is 5.60 Å². The lowest BCUT2D eigenvalue weighted by atomic mass is 10.2. The zero-order valence-corrected chi connectivity index (χ0v) is 8.44. The molecule has 14 heavy (non-hydrogen) atoms. The van der Waals surface area contributed by atoms with Gasteiger partial charge in [-0.2, -0.15) is 0 Å². The van der Waals surface area contributed by atoms with Crippen LogP contribution in [-0.4, -0.2) is 24.0 Å². The molecule has 0 aliphatic rings. The van der Waals surface area contributed by atoms with Gasteiger partial charge in [-0.05, 0) is 27.7 Å². The van der Waals surface area contributed by atoms with E-state index in [0.717, 1.165) is 6.92 Å². The van der Waals surface area contributed by atoms with Gasteiger partial charge >= 0.3 is 12.3 Å². The van der Waals surface area contributed by atoms with Crippen LogP contribution in [0.1, 0.15) is 27.7 Å². The average molecular weight is 214 g/mol. The lowest BCUT2D eigenvalue weighted by molar-refractivity contribution is -0.338. The van der Waals surface area contributed by atoms with Crippen LogP contribution in [0.25, 0.3) is 0 Å². The molecule has 0 aromatic heterocycles. The summed E-state index contributed by atoms with van der Waals surface area (Å²) in [6.07, 6.45) is -6.47. The Morgan fingerprint density at radius 2 is 1.64 bits per heavy atom. The second kappa shape index (κ2) is 4.16. The molecule has 0 fully saturated rings. The molecule has 0 radical (unpaired) electrons. The number of alkyl halides is 3. The van der Waals surface area contributed by atoms with E-state index in [4.69, 9.17) is 0 Å². The van der Waals surface area contributed by atoms with Crippen molar-refractivity contribution in [1.29, 1.82) is 0 Å². The van der Waals surface area contributed by atoms with E-state index >= 15 is 0 Å². The minimum Gasteiger partial charge on any atom is -0.458 e. The molecule has 0 heterocycles. The minimum absolute atomic E-state index is 0.819. The highest BCUT2D eigenvalue weighted by atomic mass is 19.4. The molecule has 1 atom stereocenters. The van der Waals surface area contributed by atoms with E-state index in [2.05, 4.69) is 9.47 Å². The van der Waals surface area contributed by atoms with Gasteiger partial charge in [0.2, 0.25) is 0 Å². The molecule has 0 N–H and O–H groups in total. The maximum Gasteiger partial charge on any atom is 0.523 e. The third kappa shape index (κ3) is 6.71. The summed E-state index contributed by atoms with van der Waals surface area (Å²) in [6.45, 7) is 5.67. The van der Waals surface area contributed by atoms with Crippen molar-refractivity contribution in [3.05, 3.63) is 0 Å². The van der Waals surface area contributed by atoms with Crippen molar-refractivity contribution in [1.82, 2.24) is 0 Å². The molecule has 0 aliphatic heterocycles. The van der Waals surface area contributed by atoms with Gasteiger partial charge in [-0.3, -0.25) is 4.74 Å². The zero-order chi connectivity index (χ0) is 11.6. The van der Waals surface area contributed by atoms with Gasteiger partial charge in [0.25, 0.3) is 0 Å². The smallest absolute Gasteiger partial charge is 0.458 e. The Balaban J connectivity index is 4.15. The van der Waals surface area contributed by atoms with Crippen LogP contribution in [0.4, 0.5) is 13.2 Å². The molecular weight excluding hydrogens is 201 g/mol. The fourth-order valence-electron chi connectivity index (χ4n) is 0.633. The second-order valence-corrected chi connectivity index (χ2v) is 3.74. The Morgan fingerprint density at radius 1 is 1.21 bits per heavy atom. The van der Waals surface area contributed by atoms with Crippen LogP contribution in [-0.2, 0) is 14.3 Å². The fourth-order valence-corrected chi connectivity index (χ4v) is 0.633. The maximum absolute atomic E-state index is 11.7. The number of hydrogen-bond donors (Lipinski definition) is 0. The number of hydrogen-bond acceptors (Lipinski definition) is 3. The average Bonchev–Trinajstić information content (AvgIpc) is 1.78. The predicted octanol–water partition coefficient (Wildman–Crippen LogP) is 2.25. The van der Waals surface area contributed by atoms with Gasteiger partial charge in [0, 0.05) is 0 Å². The molecule has 6 heteroatoms. The van der Waals surface area contributed by atoms with E-state index in [9.17, 15) is 18.0 Å². The lowest BCUT2D eigenvalue weighted by Gasteiger charge is -2.22. The van der Waals surface area contributed by atoms with Crippen molar-refractivity contribution < 1.29 is 27.4 Å². The monoisotopic (exact) mass is 214 g/mol. The van der Waals surface area contributed by atoms with Crippen molar-refractivity contribution in [3.8, 4) is 0 Å². The first-order valence-electron chi connectivity index (χ1n) is 3.99. The van der Waals surface area contributed by atoms with Gasteiger partial charge in [0.15, 0.2) is 6.10 Å². The summed E-state index contributed by atoms with van der Waals surface area (Å²) in [5.41, 5.74) is -0.819. The molecule has 84 valence electrons. The van der Waals surface area contributed by atoms with Crippen LogP contribution in [0.3, 0.4) is 0 Å². The molecule has 0 amide bonds. The highest BCUT2D eigenvalue weighted by Gasteiger charge is 2.36. The quantitative estimate of drug-likeness (QED) is 0.661. The third-order valence-electron chi connectivity index (χ3n) is 1.05. The van der Waals surface area contributed by atoms with Gasteiger partial charge < -0.3 is 4.74 Å². The van der Waals surface area contributed by atoms with E-state index in [1.165, 1.54) is 0 Å². The third-order valence-corrected chi connectivity index (χ3v) is 1.05. The van der Waals surface area contributed by atoms with Gasteiger partial charge in [-0.1, -0.05) is 0 Å². The minimum atomic E-state index is -4.82. The first-order valence-corrected chi connectivity index (χ1v) is 3.99. The van der Waals surface area contributed by atoms with E-state index in [0.29, 0.717) is 0 Å². The van der Waals surface area contributed by atoms with Gasteiger partial charge in [0.05, 0.1) is 0 Å². The van der Waals surface area contributed by atoms with Gasteiger partial charge in [-0.15, -0.1) is 13.2 Å². The van der Waals surface area contributed by atoms with Crippen molar-refractivity contribution in [2.45, 2.75) is 45.8 Å². The van der Waals surface area contributed by atoms with E-state index in [-0.39, 0.29) is 0 Å². The van der Waals surface area contributed by atoms with Gasteiger partial charge in [-0.25, -0.2) is 4.79 Å². The molecule has 0 bridgehead atoms. The summed E-state index contributed by atoms with van der Waals surface area (Å²) >= 11 is 0. The van der Waals surface area contributed by atoms with Crippen LogP contribution >= 0.6 is 0 Å². The summed E-state index contributed by atoms with van der Waals surface area (Å²) < 4.78 is 43.2. The first kappa shape index (κ1) is 13.2. The molecule has 0 unspecified atom stereocenters. The molecule has 0 aromatic carbocycles. The summed E-state index contributed by atoms with van der Waals surface area (Å²) in [4.78, 5) is 11.0. The Morgan fingerprint density at radius 3 is 1.93 bits per heavy atom. The number of rotatable bonds is 2. The summed E-state index contributed by atoms with van der Waals surface area (Å²) in [6, 6.07) is 0. The number of carbonyl (C=O) groups excluding carboxylic acids is 1. The number of carbonyl (C=O) groups is 1. The molecule has 0 aliphatic carbocycles. The molecule has 3 nitrogen and oxygen atoms in total. The molecule has 0 rings (SSSR count). The van der Waals surface area contributed by atoms with E-state index in [1.54, 1.807) is 20.8 Å². The highest BCUT2D eigenvalue weighted by molar-refractivity contribution is 5.74. The maximum atomic E-state index is 11.7. The Bertz CT molecular complexity index is 205. The summed E-state index contributed by atoms with van der Waals surface area (Å²) in [7, 11) is 0. The van der Waals surface area contributed by atoms with Crippen LogP contribution < -0.4 is 0 Å². The first-order chi connectivity index (χ1) is 6.01. The number of ether oxygens (including phenoxy) is 2. The summed E-state index contributed by atoms with van der Waals surface area (Å²) in [5, 5.41) is 0. The lowest BCUT2D eigenvalue weighted by Crippen LogP contribution is -2.34. The largest absolute Gasteiger partial charge is 0.523 e. The second-order valence-electron chi connectivity index (χ2n) is 3.74. The molecule has 0 spiro atoms. The van der Waals surface area contributed by atoms with E-state index < -0.39 is 24.0 Å². The number of halogens is 3. The summed E-state index contributed by atoms with van der Waals surface area (Å²) in [5.74, 6) is -1.03. The topological polar surface area (TPSA) is 35.5 Å². The zero-order valence-electron chi connectivity index (χ0n) is 8.44. The molecule has 0 aromatic rings. The van der Waals surface area contributed by atoms with Crippen LogP contribution in [0.2, 0.25) is 0 Å². The van der Waals surface area contributed by atoms with Crippen molar-refractivity contribution >= 4 is 5.97 Å². The number of esters is 1. The molecular formula is C8H13F3O3. The molecule has 0 saturated carbocycles. The highest BCUT2D eigenvalue weighted by Crippen LogP contribution is 2.20.